The fraction of sp³-hybridized carbons (Fsp3) is 0.438. The number of nitrogens with zero attached hydrogens (tertiary/aromatic N) is 2. The average molecular weight is 310 g/mol. The highest BCUT2D eigenvalue weighted by atomic mass is 35.5. The third-order valence-electron chi connectivity index (χ3n) is 3.41. The first-order valence-corrected chi connectivity index (χ1v) is 7.66. The number of hydrogen-bond donors (Lipinski definition) is 1. The van der Waals surface area contributed by atoms with Gasteiger partial charge in [0.1, 0.15) is 5.82 Å². The van der Waals surface area contributed by atoms with E-state index in [-0.39, 0.29) is 11.9 Å². The van der Waals surface area contributed by atoms with Crippen LogP contribution in [0.3, 0.4) is 0 Å². The first-order valence-electron chi connectivity index (χ1n) is 7.29. The zero-order valence-corrected chi connectivity index (χ0v) is 13.4. The van der Waals surface area contributed by atoms with E-state index in [4.69, 9.17) is 11.6 Å². The van der Waals surface area contributed by atoms with E-state index in [0.717, 1.165) is 24.2 Å². The molecule has 1 heterocycles. The van der Waals surface area contributed by atoms with Gasteiger partial charge in [0.15, 0.2) is 0 Å². The van der Waals surface area contributed by atoms with Gasteiger partial charge in [0.2, 0.25) is 0 Å². The van der Waals surface area contributed by atoms with Crippen molar-refractivity contribution in [3.8, 4) is 0 Å². The molecule has 0 amide bonds. The predicted molar refractivity (Wildman–Crippen MR) is 84.2 cm³/mol. The molecule has 0 spiro atoms. The number of benzene rings is 1. The molecule has 0 saturated carbocycles. The number of halogens is 2. The predicted octanol–water partition coefficient (Wildman–Crippen LogP) is 4.09. The minimum absolute atomic E-state index is 0.230. The van der Waals surface area contributed by atoms with Crippen molar-refractivity contribution < 1.29 is 4.39 Å². The molecular formula is C16H21ClFN3. The van der Waals surface area contributed by atoms with Gasteiger partial charge in [-0.1, -0.05) is 43.1 Å². The van der Waals surface area contributed by atoms with Crippen molar-refractivity contribution in [2.24, 2.45) is 0 Å². The van der Waals surface area contributed by atoms with Crippen molar-refractivity contribution >= 4 is 11.6 Å². The van der Waals surface area contributed by atoms with E-state index < -0.39 is 0 Å². The lowest BCUT2D eigenvalue weighted by Gasteiger charge is -2.21. The van der Waals surface area contributed by atoms with Crippen molar-refractivity contribution in [2.75, 3.05) is 6.54 Å². The topological polar surface area (TPSA) is 29.9 Å². The zero-order valence-electron chi connectivity index (χ0n) is 12.7. The van der Waals surface area contributed by atoms with E-state index in [1.807, 2.05) is 24.6 Å². The molecule has 1 aromatic carbocycles. The molecule has 5 heteroatoms. The highest BCUT2D eigenvalue weighted by molar-refractivity contribution is 6.31. The molecule has 0 fully saturated rings. The summed E-state index contributed by atoms with van der Waals surface area (Å²) >= 11 is 6.31. The van der Waals surface area contributed by atoms with Crippen LogP contribution in [0.5, 0.6) is 0 Å². The Morgan fingerprint density at radius 3 is 2.81 bits per heavy atom. The monoisotopic (exact) mass is 309 g/mol. The average Bonchev–Trinajstić information content (AvgIpc) is 2.81. The van der Waals surface area contributed by atoms with Crippen LogP contribution in [0.25, 0.3) is 0 Å². The Kier molecular flexibility index (Phi) is 5.37. The molecule has 1 N–H and O–H groups in total. The van der Waals surface area contributed by atoms with Crippen molar-refractivity contribution in [1.82, 2.24) is 15.1 Å². The van der Waals surface area contributed by atoms with E-state index in [9.17, 15) is 4.39 Å². The van der Waals surface area contributed by atoms with Crippen LogP contribution in [0.1, 0.15) is 43.1 Å². The van der Waals surface area contributed by atoms with Crippen molar-refractivity contribution in [1.29, 1.82) is 0 Å². The Hall–Kier alpha value is -1.39. The third-order valence-corrected chi connectivity index (χ3v) is 3.70. The molecule has 2 rings (SSSR count). The Morgan fingerprint density at radius 2 is 2.14 bits per heavy atom. The normalized spacial score (nSPS) is 12.6. The van der Waals surface area contributed by atoms with Crippen LogP contribution in [-0.4, -0.2) is 16.3 Å². The van der Waals surface area contributed by atoms with Gasteiger partial charge in [-0.25, -0.2) is 4.39 Å². The lowest BCUT2D eigenvalue weighted by molar-refractivity contribution is 0.502. The minimum Gasteiger partial charge on any atom is -0.305 e. The quantitative estimate of drug-likeness (QED) is 0.871. The Bertz CT molecular complexity index is 610. The van der Waals surface area contributed by atoms with Gasteiger partial charge in [-0.2, -0.15) is 5.10 Å². The summed E-state index contributed by atoms with van der Waals surface area (Å²) in [5.74, 6) is -0.230. The second kappa shape index (κ2) is 7.05. The zero-order chi connectivity index (χ0) is 15.4. The largest absolute Gasteiger partial charge is 0.305 e. The highest BCUT2D eigenvalue weighted by Gasteiger charge is 2.24. The van der Waals surface area contributed by atoms with Crippen LogP contribution in [0, 0.1) is 12.7 Å². The molecule has 1 atom stereocenters. The standard InChI is InChI=1S/C16H21ClFN3/c1-4-8-21-16(13(17)10-20-21)15(19-5-2)12-9-11(3)6-7-14(12)18/h6-7,9-10,15,19H,4-5,8H2,1-3H3. The van der Waals surface area contributed by atoms with Crippen LogP contribution >= 0.6 is 11.6 Å². The number of aromatic nitrogens is 2. The van der Waals surface area contributed by atoms with E-state index in [1.54, 1.807) is 12.3 Å². The highest BCUT2D eigenvalue weighted by Crippen LogP contribution is 2.30. The molecule has 0 bridgehead atoms. The smallest absolute Gasteiger partial charge is 0.128 e. The summed E-state index contributed by atoms with van der Waals surface area (Å²) < 4.78 is 16.1. The summed E-state index contributed by atoms with van der Waals surface area (Å²) in [5, 5.41) is 8.20. The maximum atomic E-state index is 14.3. The van der Waals surface area contributed by atoms with Crippen LogP contribution in [-0.2, 0) is 6.54 Å². The fourth-order valence-corrected chi connectivity index (χ4v) is 2.74. The fourth-order valence-electron chi connectivity index (χ4n) is 2.49. The number of hydrogen-bond acceptors (Lipinski definition) is 2. The van der Waals surface area contributed by atoms with E-state index >= 15 is 0 Å². The molecule has 1 unspecified atom stereocenters. The molecule has 2 aromatic rings. The lowest BCUT2D eigenvalue weighted by Crippen LogP contribution is -2.26. The Morgan fingerprint density at radius 1 is 1.38 bits per heavy atom. The SMILES string of the molecule is CCCn1ncc(Cl)c1C(NCC)c1cc(C)ccc1F. The first-order chi connectivity index (χ1) is 10.1. The number of rotatable bonds is 6. The molecule has 0 aliphatic heterocycles. The van der Waals surface area contributed by atoms with Gasteiger partial charge in [0.05, 0.1) is 23.0 Å². The molecule has 114 valence electrons. The molecule has 0 saturated heterocycles. The molecule has 21 heavy (non-hydrogen) atoms. The van der Waals surface area contributed by atoms with Gasteiger partial charge in [-0.3, -0.25) is 4.68 Å². The lowest BCUT2D eigenvalue weighted by atomic mass is 10.0. The Labute approximate surface area is 130 Å². The van der Waals surface area contributed by atoms with E-state index in [1.165, 1.54) is 6.07 Å². The van der Waals surface area contributed by atoms with Gasteiger partial charge in [0, 0.05) is 12.1 Å². The number of nitrogens with one attached hydrogen (secondary N) is 1. The summed E-state index contributed by atoms with van der Waals surface area (Å²) in [6.07, 6.45) is 2.57. The molecule has 1 aromatic heterocycles. The Balaban J connectivity index is 2.53. The second-order valence-electron chi connectivity index (χ2n) is 5.12. The minimum atomic E-state index is -0.295. The summed E-state index contributed by atoms with van der Waals surface area (Å²) in [4.78, 5) is 0. The van der Waals surface area contributed by atoms with Crippen molar-refractivity contribution in [3.63, 3.8) is 0 Å². The van der Waals surface area contributed by atoms with Crippen LogP contribution < -0.4 is 5.32 Å². The van der Waals surface area contributed by atoms with Gasteiger partial charge in [0.25, 0.3) is 0 Å². The van der Waals surface area contributed by atoms with Gasteiger partial charge in [-0.15, -0.1) is 0 Å². The second-order valence-corrected chi connectivity index (χ2v) is 5.52. The van der Waals surface area contributed by atoms with Crippen LogP contribution in [0.15, 0.2) is 24.4 Å². The summed E-state index contributed by atoms with van der Waals surface area (Å²) in [5.41, 5.74) is 2.45. The third kappa shape index (κ3) is 3.44. The summed E-state index contributed by atoms with van der Waals surface area (Å²) in [7, 11) is 0. The maximum absolute atomic E-state index is 14.3. The first kappa shape index (κ1) is 16.0. The molecule has 0 aliphatic carbocycles. The maximum Gasteiger partial charge on any atom is 0.128 e. The number of aryl methyl sites for hydroxylation is 2. The molecular weight excluding hydrogens is 289 g/mol. The molecule has 3 nitrogen and oxygen atoms in total. The van der Waals surface area contributed by atoms with Crippen LogP contribution in [0.2, 0.25) is 5.02 Å². The van der Waals surface area contributed by atoms with Gasteiger partial charge in [-0.05, 0) is 26.0 Å². The van der Waals surface area contributed by atoms with E-state index in [2.05, 4.69) is 17.3 Å². The van der Waals surface area contributed by atoms with Crippen molar-refractivity contribution in [2.45, 2.75) is 39.8 Å². The summed E-state index contributed by atoms with van der Waals surface area (Å²) in [6, 6.07) is 4.84. The van der Waals surface area contributed by atoms with Gasteiger partial charge >= 0.3 is 0 Å². The molecule has 0 aliphatic rings. The van der Waals surface area contributed by atoms with Crippen LogP contribution in [0.4, 0.5) is 4.39 Å². The van der Waals surface area contributed by atoms with E-state index in [0.29, 0.717) is 17.1 Å². The van der Waals surface area contributed by atoms with Crippen molar-refractivity contribution in [3.05, 3.63) is 52.1 Å². The summed E-state index contributed by atoms with van der Waals surface area (Å²) in [6.45, 7) is 7.50. The molecule has 0 radical (unpaired) electrons. The van der Waals surface area contributed by atoms with Gasteiger partial charge < -0.3 is 5.32 Å².